The quantitative estimate of drug-likeness (QED) is 0.559. The molecule has 3 aromatic heterocycles. The van der Waals surface area contributed by atoms with Crippen LogP contribution in [0.4, 0.5) is 0 Å². The van der Waals surface area contributed by atoms with Crippen molar-refractivity contribution in [2.24, 2.45) is 0 Å². The lowest BCUT2D eigenvalue weighted by atomic mass is 9.89. The van der Waals surface area contributed by atoms with Gasteiger partial charge in [0.05, 0.1) is 30.2 Å². The number of aromatic nitrogens is 5. The summed E-state index contributed by atoms with van der Waals surface area (Å²) in [6, 6.07) is 7.87. The first-order chi connectivity index (χ1) is 12.8. The van der Waals surface area contributed by atoms with Crippen LogP contribution in [0.2, 0.25) is 0 Å². The third kappa shape index (κ3) is 2.12. The molecule has 1 aromatic carbocycles. The molecule has 26 heavy (non-hydrogen) atoms. The van der Waals surface area contributed by atoms with Crippen molar-refractivity contribution in [2.75, 3.05) is 7.11 Å². The number of hydrogen-bond acceptors (Lipinski definition) is 5. The third-order valence-corrected chi connectivity index (χ3v) is 5.06. The van der Waals surface area contributed by atoms with Crippen LogP contribution in [0.3, 0.4) is 0 Å². The standard InChI is InChI=1S/C20H17N5O/c1-12-14-5-4-13(26-2)10-17(14)24-19-15(12)6-7-18-16(19)11-23-25(18)20-21-8-3-9-22-20/h3-5,8-11H,6-7H2,1-2H3. The summed E-state index contributed by atoms with van der Waals surface area (Å²) in [7, 11) is 1.68. The predicted octanol–water partition coefficient (Wildman–Crippen LogP) is 3.29. The van der Waals surface area contributed by atoms with E-state index in [-0.39, 0.29) is 0 Å². The van der Waals surface area contributed by atoms with Gasteiger partial charge >= 0.3 is 0 Å². The van der Waals surface area contributed by atoms with Gasteiger partial charge in [0, 0.05) is 29.4 Å². The zero-order valence-electron chi connectivity index (χ0n) is 14.6. The highest BCUT2D eigenvalue weighted by atomic mass is 16.5. The van der Waals surface area contributed by atoms with Gasteiger partial charge in [-0.25, -0.2) is 19.6 Å². The van der Waals surface area contributed by atoms with Crippen LogP contribution >= 0.6 is 0 Å². The summed E-state index contributed by atoms with van der Waals surface area (Å²) in [5.41, 5.74) is 6.69. The number of nitrogens with zero attached hydrogens (tertiary/aromatic N) is 5. The first-order valence-electron chi connectivity index (χ1n) is 8.58. The van der Waals surface area contributed by atoms with Crippen molar-refractivity contribution in [3.05, 3.63) is 59.7 Å². The maximum atomic E-state index is 5.36. The number of aryl methyl sites for hydroxylation is 1. The molecule has 1 aliphatic carbocycles. The molecule has 128 valence electrons. The zero-order valence-corrected chi connectivity index (χ0v) is 14.6. The summed E-state index contributed by atoms with van der Waals surface area (Å²) in [5.74, 6) is 1.41. The van der Waals surface area contributed by atoms with Crippen LogP contribution in [0.25, 0.3) is 28.1 Å². The van der Waals surface area contributed by atoms with Crippen LogP contribution in [-0.2, 0) is 12.8 Å². The Balaban J connectivity index is 1.74. The lowest BCUT2D eigenvalue weighted by Gasteiger charge is -2.20. The number of benzene rings is 1. The van der Waals surface area contributed by atoms with E-state index in [1.807, 2.05) is 23.0 Å². The molecule has 0 saturated heterocycles. The number of hydrogen-bond donors (Lipinski definition) is 0. The van der Waals surface area contributed by atoms with E-state index < -0.39 is 0 Å². The molecule has 0 spiro atoms. The van der Waals surface area contributed by atoms with Crippen molar-refractivity contribution < 1.29 is 4.74 Å². The van der Waals surface area contributed by atoms with Crippen molar-refractivity contribution in [1.29, 1.82) is 0 Å². The van der Waals surface area contributed by atoms with Crippen LogP contribution in [0.15, 0.2) is 42.9 Å². The van der Waals surface area contributed by atoms with Crippen molar-refractivity contribution >= 4 is 10.9 Å². The zero-order chi connectivity index (χ0) is 17.7. The summed E-state index contributed by atoms with van der Waals surface area (Å²) >= 11 is 0. The van der Waals surface area contributed by atoms with Crippen LogP contribution in [0.1, 0.15) is 16.8 Å². The molecule has 6 nitrogen and oxygen atoms in total. The fraction of sp³-hybridized carbons (Fsp3) is 0.200. The Bertz CT molecular complexity index is 1130. The Hall–Kier alpha value is -3.28. The monoisotopic (exact) mass is 343 g/mol. The fourth-order valence-corrected chi connectivity index (χ4v) is 3.73. The van der Waals surface area contributed by atoms with Gasteiger partial charge in [-0.05, 0) is 49.1 Å². The molecule has 5 rings (SSSR count). The number of methoxy groups -OCH3 is 1. The second kappa shape index (κ2) is 5.62. The van der Waals surface area contributed by atoms with Gasteiger partial charge in [0.1, 0.15) is 5.75 Å². The second-order valence-corrected chi connectivity index (χ2v) is 6.41. The highest BCUT2D eigenvalue weighted by molar-refractivity contribution is 5.89. The van der Waals surface area contributed by atoms with Gasteiger partial charge < -0.3 is 4.74 Å². The highest BCUT2D eigenvalue weighted by Crippen LogP contribution is 2.37. The first kappa shape index (κ1) is 15.0. The number of pyridine rings is 1. The van der Waals surface area contributed by atoms with Crippen molar-refractivity contribution in [2.45, 2.75) is 19.8 Å². The normalized spacial score (nSPS) is 12.7. The molecular formula is C20H17N5O. The van der Waals surface area contributed by atoms with Gasteiger partial charge in [-0.2, -0.15) is 5.10 Å². The van der Waals surface area contributed by atoms with E-state index in [2.05, 4.69) is 28.1 Å². The van der Waals surface area contributed by atoms with Crippen molar-refractivity contribution in [1.82, 2.24) is 24.7 Å². The smallest absolute Gasteiger partial charge is 0.250 e. The van der Waals surface area contributed by atoms with Gasteiger partial charge in [0.2, 0.25) is 0 Å². The minimum atomic E-state index is 0.594. The average Bonchev–Trinajstić information content (AvgIpc) is 3.13. The minimum Gasteiger partial charge on any atom is -0.497 e. The van der Waals surface area contributed by atoms with Crippen LogP contribution in [-0.4, -0.2) is 31.8 Å². The molecule has 0 unspecified atom stereocenters. The second-order valence-electron chi connectivity index (χ2n) is 6.41. The van der Waals surface area contributed by atoms with E-state index in [4.69, 9.17) is 9.72 Å². The van der Waals surface area contributed by atoms with Gasteiger partial charge in [-0.1, -0.05) is 0 Å². The fourth-order valence-electron chi connectivity index (χ4n) is 3.73. The summed E-state index contributed by atoms with van der Waals surface area (Å²) < 4.78 is 7.19. The van der Waals surface area contributed by atoms with E-state index in [1.54, 1.807) is 25.6 Å². The van der Waals surface area contributed by atoms with Gasteiger partial charge in [0.15, 0.2) is 0 Å². The molecule has 0 aliphatic heterocycles. The predicted molar refractivity (Wildman–Crippen MR) is 98.6 cm³/mol. The summed E-state index contributed by atoms with van der Waals surface area (Å²) in [5, 5.41) is 5.71. The average molecular weight is 343 g/mol. The maximum Gasteiger partial charge on any atom is 0.250 e. The van der Waals surface area contributed by atoms with Crippen LogP contribution in [0, 0.1) is 6.92 Å². The molecule has 6 heteroatoms. The summed E-state index contributed by atoms with van der Waals surface area (Å²) in [6.45, 7) is 2.17. The van der Waals surface area contributed by atoms with E-state index >= 15 is 0 Å². The van der Waals surface area contributed by atoms with Crippen molar-refractivity contribution in [3.63, 3.8) is 0 Å². The Kier molecular flexibility index (Phi) is 3.25. The number of rotatable bonds is 2. The summed E-state index contributed by atoms with van der Waals surface area (Å²) in [4.78, 5) is 13.6. The number of fused-ring (bicyclic) bond motifs is 4. The third-order valence-electron chi connectivity index (χ3n) is 5.06. The Morgan fingerprint density at radius 2 is 1.96 bits per heavy atom. The maximum absolute atomic E-state index is 5.36. The topological polar surface area (TPSA) is 65.7 Å². The van der Waals surface area contributed by atoms with Crippen LogP contribution < -0.4 is 4.74 Å². The number of ether oxygens (including phenoxy) is 1. The summed E-state index contributed by atoms with van der Waals surface area (Å²) in [6.07, 6.45) is 7.17. The lowest BCUT2D eigenvalue weighted by molar-refractivity contribution is 0.415. The molecule has 0 bridgehead atoms. The van der Waals surface area contributed by atoms with E-state index in [1.165, 1.54) is 16.5 Å². The first-order valence-corrected chi connectivity index (χ1v) is 8.58. The van der Waals surface area contributed by atoms with Gasteiger partial charge in [-0.15, -0.1) is 0 Å². The molecule has 0 amide bonds. The molecule has 1 aliphatic rings. The van der Waals surface area contributed by atoms with E-state index in [0.29, 0.717) is 5.95 Å². The molecule has 0 fully saturated rings. The van der Waals surface area contributed by atoms with Crippen molar-refractivity contribution in [3.8, 4) is 23.0 Å². The Morgan fingerprint density at radius 3 is 2.77 bits per heavy atom. The molecular weight excluding hydrogens is 326 g/mol. The highest BCUT2D eigenvalue weighted by Gasteiger charge is 2.25. The molecule has 0 atom stereocenters. The Labute approximate surface area is 150 Å². The SMILES string of the molecule is COc1ccc2c(C)c3c(nc2c1)-c1cnn(-c2ncccn2)c1CC3. The molecule has 3 heterocycles. The van der Waals surface area contributed by atoms with Gasteiger partial charge in [0.25, 0.3) is 5.95 Å². The van der Waals surface area contributed by atoms with Crippen LogP contribution in [0.5, 0.6) is 5.75 Å². The molecule has 4 aromatic rings. The lowest BCUT2D eigenvalue weighted by Crippen LogP contribution is -2.13. The van der Waals surface area contributed by atoms with Gasteiger partial charge in [-0.3, -0.25) is 0 Å². The van der Waals surface area contributed by atoms with E-state index in [0.717, 1.165) is 41.1 Å². The Morgan fingerprint density at radius 1 is 1.12 bits per heavy atom. The minimum absolute atomic E-state index is 0.594. The molecule has 0 radical (unpaired) electrons. The largest absolute Gasteiger partial charge is 0.497 e. The molecule has 0 saturated carbocycles. The van der Waals surface area contributed by atoms with E-state index in [9.17, 15) is 0 Å². The molecule has 0 N–H and O–H groups in total.